The molecule has 1 amide bonds. The van der Waals surface area contributed by atoms with Crippen LogP contribution >= 0.6 is 0 Å². The number of carbonyl (C=O) groups excluding carboxylic acids is 1. The number of likely N-dealkylation sites (N-methyl/N-ethyl adjacent to an activating group) is 1. The summed E-state index contributed by atoms with van der Waals surface area (Å²) in [6, 6.07) is 13.5. The Kier molecular flexibility index (Phi) is 3.52. The van der Waals surface area contributed by atoms with Gasteiger partial charge in [-0.25, -0.2) is 0 Å². The maximum atomic E-state index is 12.4. The van der Waals surface area contributed by atoms with Gasteiger partial charge in [-0.05, 0) is 24.6 Å². The van der Waals surface area contributed by atoms with Gasteiger partial charge >= 0.3 is 0 Å². The molecule has 1 aliphatic heterocycles. The SMILES string of the molecule is Cc1cccc(CC(=O)N(C)c2ccc3c(c2)OCO3)c1. The fraction of sp³-hybridized carbons (Fsp3) is 0.235. The molecule has 0 spiro atoms. The third kappa shape index (κ3) is 2.84. The van der Waals surface area contributed by atoms with Gasteiger partial charge in [0.1, 0.15) is 0 Å². The maximum Gasteiger partial charge on any atom is 0.231 e. The average Bonchev–Trinajstić information content (AvgIpc) is 2.93. The van der Waals surface area contributed by atoms with Crippen molar-refractivity contribution < 1.29 is 14.3 Å². The van der Waals surface area contributed by atoms with Crippen LogP contribution in [-0.4, -0.2) is 19.7 Å². The second-order valence-electron chi connectivity index (χ2n) is 5.16. The third-order valence-corrected chi connectivity index (χ3v) is 3.56. The van der Waals surface area contributed by atoms with Gasteiger partial charge in [-0.2, -0.15) is 0 Å². The summed E-state index contributed by atoms with van der Waals surface area (Å²) < 4.78 is 10.6. The number of amides is 1. The molecule has 4 heteroatoms. The number of ether oxygens (including phenoxy) is 2. The van der Waals surface area contributed by atoms with Crippen molar-refractivity contribution in [1.82, 2.24) is 0 Å². The molecule has 2 aromatic rings. The van der Waals surface area contributed by atoms with Gasteiger partial charge in [0.15, 0.2) is 11.5 Å². The summed E-state index contributed by atoms with van der Waals surface area (Å²) in [6.45, 7) is 2.26. The van der Waals surface area contributed by atoms with Crippen molar-refractivity contribution in [3.63, 3.8) is 0 Å². The van der Waals surface area contributed by atoms with Crippen molar-refractivity contribution >= 4 is 11.6 Å². The van der Waals surface area contributed by atoms with Gasteiger partial charge < -0.3 is 14.4 Å². The molecule has 0 saturated carbocycles. The lowest BCUT2D eigenvalue weighted by Crippen LogP contribution is -2.27. The van der Waals surface area contributed by atoms with Gasteiger partial charge in [-0.15, -0.1) is 0 Å². The average molecular weight is 283 g/mol. The van der Waals surface area contributed by atoms with Crippen LogP contribution < -0.4 is 14.4 Å². The number of fused-ring (bicyclic) bond motifs is 1. The molecule has 0 atom stereocenters. The molecule has 1 aliphatic rings. The summed E-state index contributed by atoms with van der Waals surface area (Å²) in [5, 5.41) is 0. The first-order valence-corrected chi connectivity index (χ1v) is 6.85. The normalized spacial score (nSPS) is 12.3. The predicted octanol–water partition coefficient (Wildman–Crippen LogP) is 2.93. The topological polar surface area (TPSA) is 38.8 Å². The molecule has 0 bridgehead atoms. The zero-order chi connectivity index (χ0) is 14.8. The molecular weight excluding hydrogens is 266 g/mol. The minimum absolute atomic E-state index is 0.0412. The van der Waals surface area contributed by atoms with Gasteiger partial charge in [0.05, 0.1) is 6.42 Å². The van der Waals surface area contributed by atoms with Gasteiger partial charge in [0.2, 0.25) is 12.7 Å². The Morgan fingerprint density at radius 1 is 1.14 bits per heavy atom. The Morgan fingerprint density at radius 3 is 2.76 bits per heavy atom. The summed E-state index contributed by atoms with van der Waals surface area (Å²) in [5.74, 6) is 1.44. The van der Waals surface area contributed by atoms with Gasteiger partial charge in [0, 0.05) is 18.8 Å². The van der Waals surface area contributed by atoms with E-state index in [0.29, 0.717) is 12.2 Å². The number of rotatable bonds is 3. The standard InChI is InChI=1S/C17H17NO3/c1-12-4-3-5-13(8-12)9-17(19)18(2)14-6-7-15-16(10-14)21-11-20-15/h3-8,10H,9,11H2,1-2H3. The highest BCUT2D eigenvalue weighted by Crippen LogP contribution is 2.35. The molecule has 4 nitrogen and oxygen atoms in total. The molecule has 0 fully saturated rings. The number of hydrogen-bond donors (Lipinski definition) is 0. The molecule has 21 heavy (non-hydrogen) atoms. The van der Waals surface area contributed by atoms with Crippen LogP contribution in [0, 0.1) is 6.92 Å². The fourth-order valence-electron chi connectivity index (χ4n) is 2.35. The quantitative estimate of drug-likeness (QED) is 0.869. The van der Waals surface area contributed by atoms with Crippen LogP contribution in [0.3, 0.4) is 0 Å². The minimum atomic E-state index is 0.0412. The number of nitrogens with zero attached hydrogens (tertiary/aromatic N) is 1. The Hall–Kier alpha value is -2.49. The van der Waals surface area contributed by atoms with E-state index in [1.54, 1.807) is 11.9 Å². The summed E-state index contributed by atoms with van der Waals surface area (Å²) in [5.41, 5.74) is 2.98. The lowest BCUT2D eigenvalue weighted by Gasteiger charge is -2.18. The lowest BCUT2D eigenvalue weighted by molar-refractivity contribution is -0.117. The second kappa shape index (κ2) is 5.48. The molecule has 0 unspecified atom stereocenters. The Morgan fingerprint density at radius 2 is 1.95 bits per heavy atom. The van der Waals surface area contributed by atoms with Crippen LogP contribution in [0.25, 0.3) is 0 Å². The number of carbonyl (C=O) groups is 1. The summed E-state index contributed by atoms with van der Waals surface area (Å²) >= 11 is 0. The molecule has 0 aromatic heterocycles. The zero-order valence-corrected chi connectivity index (χ0v) is 12.1. The summed E-state index contributed by atoms with van der Waals surface area (Å²) in [4.78, 5) is 14.0. The van der Waals surface area contributed by atoms with Crippen molar-refractivity contribution in [3.8, 4) is 11.5 Å². The van der Waals surface area contributed by atoms with Gasteiger partial charge in [-0.3, -0.25) is 4.79 Å². The van der Waals surface area contributed by atoms with Crippen molar-refractivity contribution in [2.24, 2.45) is 0 Å². The van der Waals surface area contributed by atoms with E-state index in [0.717, 1.165) is 22.6 Å². The highest BCUT2D eigenvalue weighted by atomic mass is 16.7. The van der Waals surface area contributed by atoms with Crippen LogP contribution in [-0.2, 0) is 11.2 Å². The lowest BCUT2D eigenvalue weighted by atomic mass is 10.1. The molecule has 2 aromatic carbocycles. The van der Waals surface area contributed by atoms with Crippen molar-refractivity contribution in [3.05, 3.63) is 53.6 Å². The molecular formula is C17H17NO3. The highest BCUT2D eigenvalue weighted by molar-refractivity contribution is 5.94. The van der Waals surface area contributed by atoms with E-state index >= 15 is 0 Å². The molecule has 0 aliphatic carbocycles. The Bertz CT molecular complexity index is 681. The molecule has 0 radical (unpaired) electrons. The van der Waals surface area contributed by atoms with Crippen molar-refractivity contribution in [1.29, 1.82) is 0 Å². The van der Waals surface area contributed by atoms with Crippen LogP contribution in [0.2, 0.25) is 0 Å². The van der Waals surface area contributed by atoms with Gasteiger partial charge in [-0.1, -0.05) is 29.8 Å². The maximum absolute atomic E-state index is 12.4. The largest absolute Gasteiger partial charge is 0.454 e. The molecule has 1 heterocycles. The van der Waals surface area contributed by atoms with E-state index < -0.39 is 0 Å². The van der Waals surface area contributed by atoms with Crippen LogP contribution in [0.1, 0.15) is 11.1 Å². The predicted molar refractivity (Wildman–Crippen MR) is 80.9 cm³/mol. The van der Waals surface area contributed by atoms with Gasteiger partial charge in [0.25, 0.3) is 0 Å². The summed E-state index contributed by atoms with van der Waals surface area (Å²) in [6.07, 6.45) is 0.382. The zero-order valence-electron chi connectivity index (χ0n) is 12.1. The first kappa shape index (κ1) is 13.5. The number of hydrogen-bond acceptors (Lipinski definition) is 3. The van der Waals surface area contributed by atoms with E-state index in [-0.39, 0.29) is 12.7 Å². The van der Waals surface area contributed by atoms with E-state index in [2.05, 4.69) is 0 Å². The molecule has 3 rings (SSSR count). The van der Waals surface area contributed by atoms with E-state index in [1.165, 1.54) is 0 Å². The fourth-order valence-corrected chi connectivity index (χ4v) is 2.35. The highest BCUT2D eigenvalue weighted by Gasteiger charge is 2.17. The van der Waals surface area contributed by atoms with E-state index in [1.807, 2.05) is 49.4 Å². The third-order valence-electron chi connectivity index (χ3n) is 3.56. The van der Waals surface area contributed by atoms with Crippen LogP contribution in [0.5, 0.6) is 11.5 Å². The van der Waals surface area contributed by atoms with Crippen molar-refractivity contribution in [2.45, 2.75) is 13.3 Å². The van der Waals surface area contributed by atoms with Crippen molar-refractivity contribution in [2.75, 3.05) is 18.7 Å². The second-order valence-corrected chi connectivity index (χ2v) is 5.16. The minimum Gasteiger partial charge on any atom is -0.454 e. The molecule has 0 saturated heterocycles. The first-order valence-electron chi connectivity index (χ1n) is 6.85. The number of benzene rings is 2. The number of aryl methyl sites for hydroxylation is 1. The monoisotopic (exact) mass is 283 g/mol. The Balaban J connectivity index is 1.75. The smallest absolute Gasteiger partial charge is 0.231 e. The Labute approximate surface area is 123 Å². The summed E-state index contributed by atoms with van der Waals surface area (Å²) in [7, 11) is 1.77. The molecule has 0 N–H and O–H groups in total. The number of anilines is 1. The van der Waals surface area contributed by atoms with E-state index in [9.17, 15) is 4.79 Å². The van der Waals surface area contributed by atoms with Crippen LogP contribution in [0.4, 0.5) is 5.69 Å². The van der Waals surface area contributed by atoms with Crippen LogP contribution in [0.15, 0.2) is 42.5 Å². The van der Waals surface area contributed by atoms with E-state index in [4.69, 9.17) is 9.47 Å². The molecule has 108 valence electrons. The first-order chi connectivity index (χ1) is 10.1.